The number of benzene rings is 1. The largest absolute Gasteiger partial charge is 0.310 e. The van der Waals surface area contributed by atoms with Crippen LogP contribution in [0, 0.1) is 12.7 Å². The molecule has 72 valence electrons. The van der Waals surface area contributed by atoms with Gasteiger partial charge in [-0.15, -0.1) is 0 Å². The zero-order valence-electron chi connectivity index (χ0n) is 8.39. The molecule has 0 aromatic heterocycles. The van der Waals surface area contributed by atoms with Crippen LogP contribution in [-0.4, -0.2) is 6.04 Å². The summed E-state index contributed by atoms with van der Waals surface area (Å²) in [6.45, 7) is 6.78. The maximum atomic E-state index is 12.9. The van der Waals surface area contributed by atoms with E-state index in [9.17, 15) is 4.39 Å². The molecule has 0 saturated carbocycles. The third-order valence-corrected chi connectivity index (χ3v) is 1.94. The molecule has 0 aliphatic heterocycles. The van der Waals surface area contributed by atoms with Crippen LogP contribution in [0.2, 0.25) is 0 Å². The number of aryl methyl sites for hydroxylation is 1. The van der Waals surface area contributed by atoms with Crippen LogP contribution in [0.15, 0.2) is 18.2 Å². The zero-order valence-corrected chi connectivity index (χ0v) is 8.39. The van der Waals surface area contributed by atoms with Crippen LogP contribution < -0.4 is 5.32 Å². The maximum absolute atomic E-state index is 12.9. The first-order valence-electron chi connectivity index (χ1n) is 4.58. The minimum Gasteiger partial charge on any atom is -0.310 e. The van der Waals surface area contributed by atoms with E-state index in [1.54, 1.807) is 6.92 Å². The quantitative estimate of drug-likeness (QED) is 0.755. The molecule has 0 spiro atoms. The Hall–Kier alpha value is -0.890. The topological polar surface area (TPSA) is 12.0 Å². The van der Waals surface area contributed by atoms with Crippen LogP contribution in [0.4, 0.5) is 4.39 Å². The van der Waals surface area contributed by atoms with Gasteiger partial charge in [-0.1, -0.05) is 26.0 Å². The Bertz CT molecular complexity index is 281. The van der Waals surface area contributed by atoms with Crippen LogP contribution in [0.5, 0.6) is 0 Å². The fourth-order valence-corrected chi connectivity index (χ4v) is 1.14. The van der Waals surface area contributed by atoms with Crippen molar-refractivity contribution in [3.8, 4) is 0 Å². The highest BCUT2D eigenvalue weighted by Gasteiger charge is 1.99. The molecule has 0 unspecified atom stereocenters. The molecule has 1 aromatic carbocycles. The normalized spacial score (nSPS) is 10.8. The summed E-state index contributed by atoms with van der Waals surface area (Å²) in [7, 11) is 0. The van der Waals surface area contributed by atoms with Crippen molar-refractivity contribution in [2.45, 2.75) is 33.4 Å². The van der Waals surface area contributed by atoms with Crippen molar-refractivity contribution in [1.29, 1.82) is 0 Å². The molecule has 1 nitrogen and oxygen atoms in total. The van der Waals surface area contributed by atoms with Crippen LogP contribution >= 0.6 is 0 Å². The summed E-state index contributed by atoms with van der Waals surface area (Å²) in [5, 5.41) is 3.29. The Kier molecular flexibility index (Phi) is 3.43. The Balaban J connectivity index is 2.63. The Morgan fingerprint density at radius 3 is 2.62 bits per heavy atom. The van der Waals surface area contributed by atoms with Crippen LogP contribution in [0.3, 0.4) is 0 Å². The minimum atomic E-state index is -0.131. The predicted octanol–water partition coefficient (Wildman–Crippen LogP) is 2.63. The molecule has 0 bridgehead atoms. The average molecular weight is 181 g/mol. The molecule has 0 aliphatic carbocycles. The van der Waals surface area contributed by atoms with Gasteiger partial charge < -0.3 is 5.32 Å². The summed E-state index contributed by atoms with van der Waals surface area (Å²) >= 11 is 0. The van der Waals surface area contributed by atoms with E-state index in [0.29, 0.717) is 11.6 Å². The lowest BCUT2D eigenvalue weighted by molar-refractivity contribution is 0.584. The lowest BCUT2D eigenvalue weighted by Crippen LogP contribution is -2.21. The fraction of sp³-hybridized carbons (Fsp3) is 0.455. The Labute approximate surface area is 79.0 Å². The summed E-state index contributed by atoms with van der Waals surface area (Å²) in [5.74, 6) is -0.131. The van der Waals surface area contributed by atoms with E-state index in [0.717, 1.165) is 12.1 Å². The van der Waals surface area contributed by atoms with Gasteiger partial charge in [0.05, 0.1) is 0 Å². The van der Waals surface area contributed by atoms with Crippen molar-refractivity contribution in [2.75, 3.05) is 0 Å². The molecular formula is C11H16FN. The molecule has 1 rings (SSSR count). The number of halogens is 1. The van der Waals surface area contributed by atoms with E-state index in [1.807, 2.05) is 12.1 Å². The Morgan fingerprint density at radius 2 is 2.08 bits per heavy atom. The van der Waals surface area contributed by atoms with Gasteiger partial charge in [0.15, 0.2) is 0 Å². The molecule has 0 amide bonds. The van der Waals surface area contributed by atoms with E-state index in [-0.39, 0.29) is 5.82 Å². The number of hydrogen-bond acceptors (Lipinski definition) is 1. The molecule has 0 fully saturated rings. The summed E-state index contributed by atoms with van der Waals surface area (Å²) in [5.41, 5.74) is 1.84. The van der Waals surface area contributed by atoms with E-state index in [1.165, 1.54) is 6.07 Å². The van der Waals surface area contributed by atoms with Gasteiger partial charge in [-0.25, -0.2) is 4.39 Å². The molecule has 0 atom stereocenters. The first-order chi connectivity index (χ1) is 6.09. The third-order valence-electron chi connectivity index (χ3n) is 1.94. The van der Waals surface area contributed by atoms with E-state index in [4.69, 9.17) is 0 Å². The van der Waals surface area contributed by atoms with Crippen molar-refractivity contribution >= 4 is 0 Å². The van der Waals surface area contributed by atoms with Gasteiger partial charge in [0.1, 0.15) is 5.82 Å². The Morgan fingerprint density at radius 1 is 1.38 bits per heavy atom. The molecule has 1 N–H and O–H groups in total. The predicted molar refractivity (Wildman–Crippen MR) is 53.1 cm³/mol. The summed E-state index contributed by atoms with van der Waals surface area (Å²) < 4.78 is 12.9. The highest BCUT2D eigenvalue weighted by atomic mass is 19.1. The molecular weight excluding hydrogens is 165 g/mol. The van der Waals surface area contributed by atoms with E-state index < -0.39 is 0 Å². The van der Waals surface area contributed by atoms with Crippen molar-refractivity contribution in [3.63, 3.8) is 0 Å². The third kappa shape index (κ3) is 3.15. The number of hydrogen-bond donors (Lipinski definition) is 1. The lowest BCUT2D eigenvalue weighted by atomic mass is 10.1. The first-order valence-corrected chi connectivity index (χ1v) is 4.58. The zero-order chi connectivity index (χ0) is 9.84. The molecule has 0 heterocycles. The molecule has 0 saturated heterocycles. The first kappa shape index (κ1) is 10.2. The van der Waals surface area contributed by atoms with Crippen LogP contribution in [0.1, 0.15) is 25.0 Å². The molecule has 0 aliphatic rings. The SMILES string of the molecule is Cc1cc(CNC(C)C)ccc1F. The fourth-order valence-electron chi connectivity index (χ4n) is 1.14. The van der Waals surface area contributed by atoms with Crippen molar-refractivity contribution in [3.05, 3.63) is 35.1 Å². The molecule has 0 radical (unpaired) electrons. The van der Waals surface area contributed by atoms with Crippen LogP contribution in [0.25, 0.3) is 0 Å². The van der Waals surface area contributed by atoms with E-state index in [2.05, 4.69) is 19.2 Å². The number of nitrogens with one attached hydrogen (secondary N) is 1. The summed E-state index contributed by atoms with van der Waals surface area (Å²) in [6.07, 6.45) is 0. The second kappa shape index (κ2) is 4.38. The number of rotatable bonds is 3. The maximum Gasteiger partial charge on any atom is 0.126 e. The second-order valence-corrected chi connectivity index (χ2v) is 3.62. The van der Waals surface area contributed by atoms with Gasteiger partial charge in [-0.2, -0.15) is 0 Å². The molecule has 2 heteroatoms. The minimum absolute atomic E-state index is 0.131. The van der Waals surface area contributed by atoms with Crippen molar-refractivity contribution in [1.82, 2.24) is 5.32 Å². The molecule has 13 heavy (non-hydrogen) atoms. The van der Waals surface area contributed by atoms with Crippen molar-refractivity contribution in [2.24, 2.45) is 0 Å². The van der Waals surface area contributed by atoms with Gasteiger partial charge in [0, 0.05) is 12.6 Å². The lowest BCUT2D eigenvalue weighted by Gasteiger charge is -2.08. The summed E-state index contributed by atoms with van der Waals surface area (Å²) in [6, 6.07) is 5.68. The van der Waals surface area contributed by atoms with Gasteiger partial charge >= 0.3 is 0 Å². The smallest absolute Gasteiger partial charge is 0.126 e. The van der Waals surface area contributed by atoms with Gasteiger partial charge in [-0.3, -0.25) is 0 Å². The van der Waals surface area contributed by atoms with Gasteiger partial charge in [-0.05, 0) is 24.1 Å². The highest BCUT2D eigenvalue weighted by Crippen LogP contribution is 2.08. The monoisotopic (exact) mass is 181 g/mol. The van der Waals surface area contributed by atoms with Crippen LogP contribution in [-0.2, 0) is 6.54 Å². The highest BCUT2D eigenvalue weighted by molar-refractivity contribution is 5.23. The van der Waals surface area contributed by atoms with Crippen molar-refractivity contribution < 1.29 is 4.39 Å². The van der Waals surface area contributed by atoms with E-state index >= 15 is 0 Å². The summed E-state index contributed by atoms with van der Waals surface area (Å²) in [4.78, 5) is 0. The van der Waals surface area contributed by atoms with Gasteiger partial charge in [0.25, 0.3) is 0 Å². The average Bonchev–Trinajstić information content (AvgIpc) is 2.07. The molecule has 1 aromatic rings. The second-order valence-electron chi connectivity index (χ2n) is 3.62. The standard InChI is InChI=1S/C11H16FN/c1-8(2)13-7-10-4-5-11(12)9(3)6-10/h4-6,8,13H,7H2,1-3H3. The van der Waals surface area contributed by atoms with Gasteiger partial charge in [0.2, 0.25) is 0 Å².